The first-order valence-electron chi connectivity index (χ1n) is 7.50. The van der Waals surface area contributed by atoms with Gasteiger partial charge in [0, 0.05) is 19.2 Å². The molecule has 0 fully saturated rings. The van der Waals surface area contributed by atoms with Crippen LogP contribution in [0, 0.1) is 0 Å². The van der Waals surface area contributed by atoms with Crippen LogP contribution in [0.5, 0.6) is 5.75 Å². The van der Waals surface area contributed by atoms with Gasteiger partial charge in [-0.3, -0.25) is 4.72 Å². The van der Waals surface area contributed by atoms with E-state index in [4.69, 9.17) is 4.74 Å². The van der Waals surface area contributed by atoms with E-state index in [1.807, 2.05) is 0 Å². The van der Waals surface area contributed by atoms with Crippen LogP contribution in [0.15, 0.2) is 44.8 Å². The van der Waals surface area contributed by atoms with Crippen LogP contribution in [0.1, 0.15) is 13.8 Å². The number of methoxy groups -OCH3 is 1. The third kappa shape index (κ3) is 4.14. The first kappa shape index (κ1) is 19.7. The van der Waals surface area contributed by atoms with Gasteiger partial charge in [0.1, 0.15) is 9.96 Å². The van der Waals surface area contributed by atoms with Gasteiger partial charge >= 0.3 is 0 Å². The van der Waals surface area contributed by atoms with Gasteiger partial charge in [-0.1, -0.05) is 19.9 Å². The van der Waals surface area contributed by atoms with Crippen molar-refractivity contribution in [1.29, 1.82) is 0 Å². The molecule has 2 aromatic rings. The lowest BCUT2D eigenvalue weighted by Crippen LogP contribution is -2.30. The molecule has 0 saturated carbocycles. The van der Waals surface area contributed by atoms with E-state index < -0.39 is 20.0 Å². The van der Waals surface area contributed by atoms with Crippen LogP contribution in [0.2, 0.25) is 0 Å². The van der Waals surface area contributed by atoms with Crippen molar-refractivity contribution in [1.82, 2.24) is 4.31 Å². The quantitative estimate of drug-likeness (QED) is 0.730. The summed E-state index contributed by atoms with van der Waals surface area (Å²) in [6.45, 7) is 4.19. The molecule has 1 aromatic carbocycles. The van der Waals surface area contributed by atoms with Crippen LogP contribution in [-0.2, 0) is 20.0 Å². The summed E-state index contributed by atoms with van der Waals surface area (Å²) in [5, 5.41) is 1.66. The molecule has 0 amide bonds. The molecule has 1 heterocycles. The number of nitrogens with zero attached hydrogens (tertiary/aromatic N) is 1. The lowest BCUT2D eigenvalue weighted by Gasteiger charge is -2.19. The Bertz CT molecular complexity index is 918. The molecular formula is C15H20N2O5S3. The minimum absolute atomic E-state index is 0.0483. The molecule has 7 nitrogen and oxygen atoms in total. The molecule has 0 radical (unpaired) electrons. The lowest BCUT2D eigenvalue weighted by molar-refractivity contribution is 0.414. The van der Waals surface area contributed by atoms with Gasteiger partial charge in [-0.05, 0) is 23.6 Å². The largest absolute Gasteiger partial charge is 0.495 e. The van der Waals surface area contributed by atoms with Crippen molar-refractivity contribution < 1.29 is 21.6 Å². The van der Waals surface area contributed by atoms with E-state index in [9.17, 15) is 16.8 Å². The zero-order valence-electron chi connectivity index (χ0n) is 14.1. The molecule has 0 unspecified atom stereocenters. The van der Waals surface area contributed by atoms with Crippen LogP contribution in [0.4, 0.5) is 5.69 Å². The van der Waals surface area contributed by atoms with E-state index in [2.05, 4.69) is 4.72 Å². The van der Waals surface area contributed by atoms with E-state index in [0.717, 1.165) is 11.3 Å². The summed E-state index contributed by atoms with van der Waals surface area (Å²) < 4.78 is 58.9. The first-order valence-corrected chi connectivity index (χ1v) is 11.3. The number of benzene rings is 1. The number of rotatable bonds is 8. The normalized spacial score (nSPS) is 12.3. The second-order valence-electron chi connectivity index (χ2n) is 4.99. The summed E-state index contributed by atoms with van der Waals surface area (Å²) in [7, 11) is -6.05. The Labute approximate surface area is 152 Å². The van der Waals surface area contributed by atoms with Crippen molar-refractivity contribution in [3.05, 3.63) is 35.7 Å². The first-order chi connectivity index (χ1) is 11.8. The molecular weight excluding hydrogens is 384 g/mol. The average molecular weight is 405 g/mol. The molecule has 25 heavy (non-hydrogen) atoms. The standard InChI is InChI=1S/C15H20N2O5S3/c1-4-17(5-2)25(20,21)12-8-9-13(14(11-12)22-3)16-24(18,19)15-7-6-10-23-15/h6-11,16H,4-5H2,1-3H3. The van der Waals surface area contributed by atoms with E-state index in [1.54, 1.807) is 25.3 Å². The van der Waals surface area contributed by atoms with E-state index >= 15 is 0 Å². The van der Waals surface area contributed by atoms with E-state index in [0.29, 0.717) is 13.1 Å². The van der Waals surface area contributed by atoms with Gasteiger partial charge in [0.05, 0.1) is 17.7 Å². The number of sulfonamides is 2. The van der Waals surface area contributed by atoms with Crippen molar-refractivity contribution in [3.63, 3.8) is 0 Å². The number of thiophene rings is 1. The molecule has 1 aromatic heterocycles. The maximum Gasteiger partial charge on any atom is 0.271 e. The molecule has 0 aliphatic heterocycles. The summed E-state index contributed by atoms with van der Waals surface area (Å²) in [6.07, 6.45) is 0. The minimum Gasteiger partial charge on any atom is -0.495 e. The smallest absolute Gasteiger partial charge is 0.271 e. The molecule has 0 aliphatic rings. The maximum absolute atomic E-state index is 12.6. The second-order valence-corrected chi connectivity index (χ2v) is 9.78. The van der Waals surface area contributed by atoms with Crippen molar-refractivity contribution in [2.75, 3.05) is 24.9 Å². The van der Waals surface area contributed by atoms with Crippen molar-refractivity contribution in [3.8, 4) is 5.75 Å². The Morgan fingerprint density at radius 1 is 1.12 bits per heavy atom. The summed E-state index contributed by atoms with van der Waals surface area (Å²) >= 11 is 1.09. The fourth-order valence-corrected chi connectivity index (χ4v) is 5.78. The summed E-state index contributed by atoms with van der Waals surface area (Å²) in [5.41, 5.74) is 0.175. The van der Waals surface area contributed by atoms with Gasteiger partial charge in [0.2, 0.25) is 10.0 Å². The SMILES string of the molecule is CCN(CC)S(=O)(=O)c1ccc(NS(=O)(=O)c2cccs2)c(OC)c1. The highest BCUT2D eigenvalue weighted by Gasteiger charge is 2.24. The number of anilines is 1. The Morgan fingerprint density at radius 2 is 1.80 bits per heavy atom. The molecule has 0 aliphatic carbocycles. The highest BCUT2D eigenvalue weighted by atomic mass is 32.2. The lowest BCUT2D eigenvalue weighted by atomic mass is 10.3. The van der Waals surface area contributed by atoms with Gasteiger partial charge in [0.25, 0.3) is 10.0 Å². The third-order valence-corrected chi connectivity index (χ3v) is 8.33. The number of hydrogen-bond acceptors (Lipinski definition) is 6. The van der Waals surface area contributed by atoms with Gasteiger partial charge < -0.3 is 4.74 Å². The Morgan fingerprint density at radius 3 is 2.32 bits per heavy atom. The van der Waals surface area contributed by atoms with Crippen LogP contribution in [0.25, 0.3) is 0 Å². The summed E-state index contributed by atoms with van der Waals surface area (Å²) in [6, 6.07) is 7.19. The van der Waals surface area contributed by atoms with Gasteiger partial charge in [-0.25, -0.2) is 16.8 Å². The van der Waals surface area contributed by atoms with Crippen molar-refractivity contribution in [2.24, 2.45) is 0 Å². The highest BCUT2D eigenvalue weighted by molar-refractivity contribution is 7.94. The van der Waals surface area contributed by atoms with Crippen LogP contribution in [0.3, 0.4) is 0 Å². The van der Waals surface area contributed by atoms with Gasteiger partial charge in [-0.2, -0.15) is 4.31 Å². The zero-order chi connectivity index (χ0) is 18.7. The Kier molecular flexibility index (Phi) is 6.09. The molecule has 10 heteroatoms. The minimum atomic E-state index is -3.75. The average Bonchev–Trinajstić information content (AvgIpc) is 3.11. The highest BCUT2D eigenvalue weighted by Crippen LogP contribution is 2.31. The van der Waals surface area contributed by atoms with Crippen molar-refractivity contribution in [2.45, 2.75) is 23.0 Å². The number of hydrogen-bond donors (Lipinski definition) is 1. The van der Waals surface area contributed by atoms with Gasteiger partial charge in [0.15, 0.2) is 0 Å². The van der Waals surface area contributed by atoms with Crippen LogP contribution in [-0.4, -0.2) is 41.3 Å². The second kappa shape index (κ2) is 7.73. The zero-order valence-corrected chi connectivity index (χ0v) is 16.5. The fraction of sp³-hybridized carbons (Fsp3) is 0.333. The summed E-state index contributed by atoms with van der Waals surface area (Å²) in [4.78, 5) is 0.0483. The van der Waals surface area contributed by atoms with Crippen LogP contribution >= 0.6 is 11.3 Å². The monoisotopic (exact) mass is 404 g/mol. The topological polar surface area (TPSA) is 92.8 Å². The third-order valence-electron chi connectivity index (χ3n) is 3.52. The molecule has 0 atom stereocenters. The molecule has 0 saturated heterocycles. The molecule has 2 rings (SSSR count). The molecule has 0 spiro atoms. The summed E-state index contributed by atoms with van der Waals surface area (Å²) in [5.74, 6) is 0.133. The number of nitrogens with one attached hydrogen (secondary N) is 1. The predicted molar refractivity (Wildman–Crippen MR) is 98.2 cm³/mol. The van der Waals surface area contributed by atoms with Crippen LogP contribution < -0.4 is 9.46 Å². The van der Waals surface area contributed by atoms with E-state index in [-0.39, 0.29) is 20.5 Å². The molecule has 1 N–H and O–H groups in total. The Hall–Kier alpha value is -1.62. The maximum atomic E-state index is 12.6. The molecule has 138 valence electrons. The van der Waals surface area contributed by atoms with Crippen molar-refractivity contribution >= 4 is 37.1 Å². The molecule has 0 bridgehead atoms. The number of ether oxygens (including phenoxy) is 1. The predicted octanol–water partition coefficient (Wildman–Crippen LogP) is 2.59. The fourth-order valence-electron chi connectivity index (χ4n) is 2.24. The van der Waals surface area contributed by atoms with E-state index in [1.165, 1.54) is 35.7 Å². The van der Waals surface area contributed by atoms with Gasteiger partial charge in [-0.15, -0.1) is 11.3 Å². The Balaban J connectivity index is 2.41.